The van der Waals surface area contributed by atoms with Crippen molar-refractivity contribution in [3.63, 3.8) is 0 Å². The first-order chi connectivity index (χ1) is 8.48. The van der Waals surface area contributed by atoms with Crippen LogP contribution in [0.3, 0.4) is 0 Å². The largest absolute Gasteiger partial charge is 0.481 e. The Labute approximate surface area is 115 Å². The molecule has 0 aromatic rings. The molecule has 1 unspecified atom stereocenters. The Balaban J connectivity index is 2.63. The fourth-order valence-corrected chi connectivity index (χ4v) is 3.38. The average molecular weight is 291 g/mol. The summed E-state index contributed by atoms with van der Waals surface area (Å²) in [6, 6.07) is 0. The van der Waals surface area contributed by atoms with Crippen LogP contribution in [-0.4, -0.2) is 54.5 Å². The smallest absolute Gasteiger partial charge is 0.310 e. The molecule has 5 nitrogen and oxygen atoms in total. The van der Waals surface area contributed by atoms with Gasteiger partial charge in [-0.15, -0.1) is 0 Å². The normalized spacial score (nSPS) is 26.3. The van der Waals surface area contributed by atoms with Crippen LogP contribution in [0.2, 0.25) is 0 Å². The van der Waals surface area contributed by atoms with Crippen LogP contribution in [0.1, 0.15) is 40.5 Å². The van der Waals surface area contributed by atoms with E-state index in [-0.39, 0.29) is 5.75 Å². The molecule has 0 radical (unpaired) electrons. The van der Waals surface area contributed by atoms with Crippen molar-refractivity contribution in [2.24, 2.45) is 5.41 Å². The van der Waals surface area contributed by atoms with E-state index in [2.05, 4.69) is 0 Å². The second-order valence-corrected chi connectivity index (χ2v) is 9.54. The van der Waals surface area contributed by atoms with E-state index in [0.717, 1.165) is 13.0 Å². The van der Waals surface area contributed by atoms with Gasteiger partial charge in [0.1, 0.15) is 0 Å². The van der Waals surface area contributed by atoms with E-state index in [1.165, 1.54) is 0 Å². The minimum absolute atomic E-state index is 0.0895. The first-order valence-corrected chi connectivity index (χ1v) is 8.31. The van der Waals surface area contributed by atoms with Crippen molar-refractivity contribution in [1.82, 2.24) is 4.90 Å². The number of carbonyl (C=O) groups is 1. The van der Waals surface area contributed by atoms with Crippen molar-refractivity contribution >= 4 is 15.8 Å². The monoisotopic (exact) mass is 291 g/mol. The molecule has 0 bridgehead atoms. The van der Waals surface area contributed by atoms with Gasteiger partial charge in [0.15, 0.2) is 9.84 Å². The number of aliphatic carboxylic acids is 1. The van der Waals surface area contributed by atoms with Crippen LogP contribution in [0, 0.1) is 5.41 Å². The number of nitrogens with zero attached hydrogens (tertiary/aromatic N) is 1. The van der Waals surface area contributed by atoms with Crippen LogP contribution in [0.25, 0.3) is 0 Å². The lowest BCUT2D eigenvalue weighted by Crippen LogP contribution is -2.48. The van der Waals surface area contributed by atoms with Gasteiger partial charge in [0.25, 0.3) is 0 Å². The number of likely N-dealkylation sites (tertiary alicyclic amines) is 1. The average Bonchev–Trinajstić information content (AvgIpc) is 2.25. The standard InChI is InChI=1S/C13H25NO4S/c1-12(2,3)19(17,18)9-8-14-7-5-6-13(4,10-14)11(15)16/h5-10H2,1-4H3,(H,15,16). The zero-order chi connectivity index (χ0) is 14.9. The van der Waals surface area contributed by atoms with Crippen LogP contribution in [0.4, 0.5) is 0 Å². The third kappa shape index (κ3) is 3.92. The number of rotatable bonds is 4. The Kier molecular flexibility index (Phi) is 4.67. The molecule has 1 atom stereocenters. The SMILES string of the molecule is CC1(C(=O)O)CCCN(CCS(=O)(=O)C(C)(C)C)C1. The number of hydrogen-bond donors (Lipinski definition) is 1. The highest BCUT2D eigenvalue weighted by molar-refractivity contribution is 7.92. The fourth-order valence-electron chi connectivity index (χ4n) is 2.27. The Morgan fingerprint density at radius 3 is 2.42 bits per heavy atom. The van der Waals surface area contributed by atoms with Gasteiger partial charge in [0.2, 0.25) is 0 Å². The van der Waals surface area contributed by atoms with Gasteiger partial charge in [-0.1, -0.05) is 0 Å². The molecule has 0 spiro atoms. The molecule has 0 saturated carbocycles. The highest BCUT2D eigenvalue weighted by Crippen LogP contribution is 2.29. The predicted molar refractivity (Wildman–Crippen MR) is 75.0 cm³/mol. The first-order valence-electron chi connectivity index (χ1n) is 6.66. The maximum Gasteiger partial charge on any atom is 0.310 e. The van der Waals surface area contributed by atoms with Crippen LogP contribution >= 0.6 is 0 Å². The van der Waals surface area contributed by atoms with E-state index in [0.29, 0.717) is 19.5 Å². The molecule has 6 heteroatoms. The Bertz CT molecular complexity index is 438. The molecule has 1 heterocycles. The summed E-state index contributed by atoms with van der Waals surface area (Å²) in [5.74, 6) is -0.706. The van der Waals surface area contributed by atoms with Gasteiger partial charge in [0.05, 0.1) is 15.9 Å². The first kappa shape index (κ1) is 16.4. The summed E-state index contributed by atoms with van der Waals surface area (Å²) in [6.07, 6.45) is 1.46. The van der Waals surface area contributed by atoms with Gasteiger partial charge in [0, 0.05) is 13.1 Å². The minimum Gasteiger partial charge on any atom is -0.481 e. The van der Waals surface area contributed by atoms with Crippen molar-refractivity contribution in [3.05, 3.63) is 0 Å². The van der Waals surface area contributed by atoms with Gasteiger partial charge >= 0.3 is 5.97 Å². The summed E-state index contributed by atoms with van der Waals surface area (Å²) >= 11 is 0. The zero-order valence-corrected chi connectivity index (χ0v) is 13.1. The quantitative estimate of drug-likeness (QED) is 0.847. The molecular formula is C13H25NO4S. The molecule has 0 aromatic heterocycles. The van der Waals surface area contributed by atoms with E-state index >= 15 is 0 Å². The summed E-state index contributed by atoms with van der Waals surface area (Å²) in [4.78, 5) is 13.2. The Hall–Kier alpha value is -0.620. The number of carboxylic acid groups (broad SMARTS) is 1. The number of piperidine rings is 1. The lowest BCUT2D eigenvalue weighted by Gasteiger charge is -2.37. The molecule has 0 amide bonds. The molecule has 1 rings (SSSR count). The van der Waals surface area contributed by atoms with Crippen molar-refractivity contribution in [3.8, 4) is 0 Å². The molecular weight excluding hydrogens is 266 g/mol. The summed E-state index contributed by atoms with van der Waals surface area (Å²) in [7, 11) is -3.14. The molecule has 19 heavy (non-hydrogen) atoms. The lowest BCUT2D eigenvalue weighted by molar-refractivity contribution is -0.151. The summed E-state index contributed by atoms with van der Waals surface area (Å²) in [5, 5.41) is 9.23. The van der Waals surface area contributed by atoms with Crippen molar-refractivity contribution in [1.29, 1.82) is 0 Å². The molecule has 1 fully saturated rings. The van der Waals surface area contributed by atoms with E-state index in [1.54, 1.807) is 27.7 Å². The topological polar surface area (TPSA) is 74.7 Å². The lowest BCUT2D eigenvalue weighted by atomic mass is 9.82. The maximum absolute atomic E-state index is 12.0. The van der Waals surface area contributed by atoms with Crippen molar-refractivity contribution in [2.75, 3.05) is 25.4 Å². The number of sulfone groups is 1. The van der Waals surface area contributed by atoms with Gasteiger partial charge in [-0.05, 0) is 47.1 Å². The second-order valence-electron chi connectivity index (χ2n) is 6.68. The fraction of sp³-hybridized carbons (Fsp3) is 0.923. The highest BCUT2D eigenvalue weighted by atomic mass is 32.2. The van der Waals surface area contributed by atoms with Gasteiger partial charge in [-0.2, -0.15) is 0 Å². The molecule has 112 valence electrons. The van der Waals surface area contributed by atoms with Gasteiger partial charge < -0.3 is 10.0 Å². The molecule has 1 saturated heterocycles. The van der Waals surface area contributed by atoms with Gasteiger partial charge in [-0.3, -0.25) is 4.79 Å². The molecule has 0 aromatic carbocycles. The summed E-state index contributed by atoms with van der Waals surface area (Å²) in [5.41, 5.74) is -0.746. The summed E-state index contributed by atoms with van der Waals surface area (Å²) < 4.78 is 23.3. The van der Waals surface area contributed by atoms with E-state index in [1.807, 2.05) is 4.90 Å². The Morgan fingerprint density at radius 2 is 1.95 bits per heavy atom. The number of carboxylic acids is 1. The van der Waals surface area contributed by atoms with Crippen molar-refractivity contribution < 1.29 is 18.3 Å². The maximum atomic E-state index is 12.0. The third-order valence-electron chi connectivity index (χ3n) is 3.90. The van der Waals surface area contributed by atoms with E-state index in [9.17, 15) is 18.3 Å². The van der Waals surface area contributed by atoms with Gasteiger partial charge in [-0.25, -0.2) is 8.42 Å². The van der Waals surface area contributed by atoms with Crippen LogP contribution in [0.5, 0.6) is 0 Å². The van der Waals surface area contributed by atoms with Crippen LogP contribution in [-0.2, 0) is 14.6 Å². The third-order valence-corrected chi connectivity index (χ3v) is 6.49. The van der Waals surface area contributed by atoms with Crippen LogP contribution in [0.15, 0.2) is 0 Å². The second kappa shape index (κ2) is 5.40. The van der Waals surface area contributed by atoms with E-state index < -0.39 is 26.0 Å². The predicted octanol–water partition coefficient (Wildman–Crippen LogP) is 1.39. The number of hydrogen-bond acceptors (Lipinski definition) is 4. The zero-order valence-electron chi connectivity index (χ0n) is 12.3. The van der Waals surface area contributed by atoms with E-state index in [4.69, 9.17) is 0 Å². The summed E-state index contributed by atoms with van der Waals surface area (Å²) in [6.45, 7) is 8.45. The Morgan fingerprint density at radius 1 is 1.37 bits per heavy atom. The molecule has 1 aliphatic rings. The highest BCUT2D eigenvalue weighted by Gasteiger charge is 2.38. The molecule has 1 N–H and O–H groups in total. The minimum atomic E-state index is -3.14. The van der Waals surface area contributed by atoms with Crippen molar-refractivity contribution in [2.45, 2.75) is 45.3 Å². The molecule has 0 aliphatic carbocycles. The molecule has 1 aliphatic heterocycles. The van der Waals surface area contributed by atoms with Crippen LogP contribution < -0.4 is 0 Å².